The Bertz CT molecular complexity index is 1460. The number of thiophene rings is 1. The van der Waals surface area contributed by atoms with Crippen LogP contribution in [0.3, 0.4) is 0 Å². The minimum Gasteiger partial charge on any atom is -0.380 e. The number of aromatic nitrogens is 1. The van der Waals surface area contributed by atoms with Gasteiger partial charge in [-0.15, -0.1) is 11.3 Å². The summed E-state index contributed by atoms with van der Waals surface area (Å²) in [5, 5.41) is 21.3. The minimum atomic E-state index is -0.190. The normalized spacial score (nSPS) is 13.7. The Morgan fingerprint density at radius 1 is 1.08 bits per heavy atom. The molecule has 1 aliphatic rings. The van der Waals surface area contributed by atoms with Crippen LogP contribution in [-0.2, 0) is 6.54 Å². The Kier molecular flexibility index (Phi) is 7.58. The average molecular weight is 510 g/mol. The van der Waals surface area contributed by atoms with Crippen LogP contribution in [0.4, 0.5) is 17.1 Å². The highest BCUT2D eigenvalue weighted by molar-refractivity contribution is 7.12. The Morgan fingerprint density at radius 3 is 2.81 bits per heavy atom. The SMILES string of the molecule is N#CNC(=Nc1cccc(NC(=O)c2sccc2NCc2ccnc3ccccc23)c1)N1CCCCC1. The first-order valence-corrected chi connectivity index (χ1v) is 13.1. The van der Waals surface area contributed by atoms with Gasteiger partial charge < -0.3 is 15.5 Å². The fourth-order valence-corrected chi connectivity index (χ4v) is 5.19. The van der Waals surface area contributed by atoms with E-state index in [1.165, 1.54) is 17.8 Å². The van der Waals surface area contributed by atoms with E-state index in [2.05, 4.69) is 36.9 Å². The summed E-state index contributed by atoms with van der Waals surface area (Å²) in [7, 11) is 0. The number of carbonyl (C=O) groups is 1. The summed E-state index contributed by atoms with van der Waals surface area (Å²) < 4.78 is 0. The van der Waals surface area contributed by atoms with Crippen LogP contribution in [0.1, 0.15) is 34.5 Å². The zero-order valence-corrected chi connectivity index (χ0v) is 21.1. The van der Waals surface area contributed by atoms with Crippen molar-refractivity contribution in [2.24, 2.45) is 4.99 Å². The first kappa shape index (κ1) is 24.3. The van der Waals surface area contributed by atoms with Crippen molar-refractivity contribution < 1.29 is 4.79 Å². The van der Waals surface area contributed by atoms with Gasteiger partial charge in [-0.25, -0.2) is 4.99 Å². The number of hydrogen-bond acceptors (Lipinski definition) is 6. The topological polar surface area (TPSA) is 105 Å². The molecule has 2 aromatic heterocycles. The number of amides is 1. The number of rotatable bonds is 6. The molecule has 4 aromatic rings. The van der Waals surface area contributed by atoms with Gasteiger partial charge in [-0.1, -0.05) is 24.3 Å². The van der Waals surface area contributed by atoms with Crippen LogP contribution >= 0.6 is 11.3 Å². The summed E-state index contributed by atoms with van der Waals surface area (Å²) in [6.07, 6.45) is 7.14. The highest BCUT2D eigenvalue weighted by Gasteiger charge is 2.16. The Morgan fingerprint density at radius 2 is 1.95 bits per heavy atom. The summed E-state index contributed by atoms with van der Waals surface area (Å²) in [5.41, 5.74) is 4.14. The van der Waals surface area contributed by atoms with Gasteiger partial charge in [-0.3, -0.25) is 15.1 Å². The lowest BCUT2D eigenvalue weighted by Gasteiger charge is -2.28. The van der Waals surface area contributed by atoms with E-state index in [-0.39, 0.29) is 5.91 Å². The molecule has 3 heterocycles. The number of likely N-dealkylation sites (tertiary alicyclic amines) is 1. The van der Waals surface area contributed by atoms with Crippen LogP contribution < -0.4 is 16.0 Å². The third-order valence-electron chi connectivity index (χ3n) is 6.24. The monoisotopic (exact) mass is 509 g/mol. The first-order valence-electron chi connectivity index (χ1n) is 12.3. The van der Waals surface area contributed by atoms with Gasteiger partial charge >= 0.3 is 0 Å². The highest BCUT2D eigenvalue weighted by atomic mass is 32.1. The lowest BCUT2D eigenvalue weighted by molar-refractivity contribution is 0.103. The van der Waals surface area contributed by atoms with Crippen molar-refractivity contribution in [2.75, 3.05) is 23.7 Å². The van der Waals surface area contributed by atoms with E-state index in [1.54, 1.807) is 6.20 Å². The molecule has 0 aliphatic carbocycles. The van der Waals surface area contributed by atoms with Crippen LogP contribution in [0.5, 0.6) is 0 Å². The number of piperidine rings is 1. The number of aliphatic imine (C=N–C) groups is 1. The third-order valence-corrected chi connectivity index (χ3v) is 7.16. The number of fused-ring (bicyclic) bond motifs is 1. The predicted molar refractivity (Wildman–Crippen MR) is 149 cm³/mol. The van der Waals surface area contributed by atoms with Crippen molar-refractivity contribution >= 4 is 51.2 Å². The van der Waals surface area contributed by atoms with Crippen molar-refractivity contribution in [2.45, 2.75) is 25.8 Å². The van der Waals surface area contributed by atoms with E-state index in [1.807, 2.05) is 66.2 Å². The molecular weight excluding hydrogens is 482 g/mol. The second-order valence-corrected chi connectivity index (χ2v) is 9.64. The maximum absolute atomic E-state index is 13.2. The third kappa shape index (κ3) is 5.88. The fraction of sp³-hybridized carbons (Fsp3) is 0.214. The molecule has 0 saturated carbocycles. The highest BCUT2D eigenvalue weighted by Crippen LogP contribution is 2.26. The molecule has 1 fully saturated rings. The molecule has 0 atom stereocenters. The summed E-state index contributed by atoms with van der Waals surface area (Å²) in [4.78, 5) is 24.9. The van der Waals surface area contributed by atoms with E-state index in [0.29, 0.717) is 28.8 Å². The zero-order chi connectivity index (χ0) is 25.5. The van der Waals surface area contributed by atoms with Gasteiger partial charge in [0.05, 0.1) is 16.9 Å². The van der Waals surface area contributed by atoms with Gasteiger partial charge in [0.2, 0.25) is 5.96 Å². The number of benzene rings is 2. The molecule has 0 spiro atoms. The smallest absolute Gasteiger partial charge is 0.267 e. The molecule has 5 rings (SSSR count). The molecule has 1 saturated heterocycles. The maximum Gasteiger partial charge on any atom is 0.267 e. The largest absolute Gasteiger partial charge is 0.380 e. The van der Waals surface area contributed by atoms with Crippen LogP contribution in [0, 0.1) is 11.5 Å². The first-order chi connectivity index (χ1) is 18.2. The average Bonchev–Trinajstić information content (AvgIpc) is 3.41. The van der Waals surface area contributed by atoms with Crippen molar-refractivity contribution in [1.82, 2.24) is 15.2 Å². The number of carbonyl (C=O) groups excluding carboxylic acids is 1. The Hall–Kier alpha value is -4.42. The van der Waals surface area contributed by atoms with Crippen LogP contribution in [0.15, 0.2) is 77.2 Å². The lowest BCUT2D eigenvalue weighted by atomic mass is 10.1. The van der Waals surface area contributed by atoms with E-state index in [9.17, 15) is 10.1 Å². The second kappa shape index (κ2) is 11.5. The van der Waals surface area contributed by atoms with Gasteiger partial charge in [0.25, 0.3) is 5.91 Å². The zero-order valence-electron chi connectivity index (χ0n) is 20.3. The Labute approximate surface area is 219 Å². The number of pyridine rings is 1. The molecule has 8 nitrogen and oxygen atoms in total. The van der Waals surface area contributed by atoms with Crippen molar-refractivity contribution in [3.8, 4) is 6.19 Å². The number of guanidine groups is 1. The number of nitrogens with zero attached hydrogens (tertiary/aromatic N) is 4. The number of nitriles is 1. The fourth-order valence-electron chi connectivity index (χ4n) is 4.42. The molecule has 1 aliphatic heterocycles. The van der Waals surface area contributed by atoms with Crippen LogP contribution in [-0.4, -0.2) is 34.8 Å². The second-order valence-electron chi connectivity index (χ2n) is 8.73. The van der Waals surface area contributed by atoms with Crippen LogP contribution in [0.25, 0.3) is 10.9 Å². The van der Waals surface area contributed by atoms with Gasteiger partial charge in [-0.05, 0) is 66.6 Å². The quantitative estimate of drug-likeness (QED) is 0.133. The van der Waals surface area contributed by atoms with E-state index < -0.39 is 0 Å². The summed E-state index contributed by atoms with van der Waals surface area (Å²) in [6.45, 7) is 2.32. The molecule has 1 amide bonds. The number of para-hydroxylation sites is 1. The van der Waals surface area contributed by atoms with Gasteiger partial charge in [-0.2, -0.15) is 5.26 Å². The van der Waals surface area contributed by atoms with Crippen molar-refractivity contribution in [3.63, 3.8) is 0 Å². The molecule has 37 heavy (non-hydrogen) atoms. The molecule has 0 radical (unpaired) electrons. The number of hydrogen-bond donors (Lipinski definition) is 3. The van der Waals surface area contributed by atoms with Gasteiger partial charge in [0.1, 0.15) is 4.88 Å². The predicted octanol–water partition coefficient (Wildman–Crippen LogP) is 5.70. The van der Waals surface area contributed by atoms with Gasteiger partial charge in [0.15, 0.2) is 6.19 Å². The number of nitrogens with one attached hydrogen (secondary N) is 3. The van der Waals surface area contributed by atoms with Crippen LogP contribution in [0.2, 0.25) is 0 Å². The van der Waals surface area contributed by atoms with E-state index in [4.69, 9.17) is 0 Å². The standard InChI is InChI=1S/C28H27N7OS/c29-19-32-28(35-14-4-1-5-15-35)34-22-8-6-7-21(17-22)33-27(36)26-25(12-16-37-26)31-18-20-11-13-30-24-10-3-2-9-23(20)24/h2-3,6-13,16-17,31H,1,4-5,14-15,18H2,(H,32,34)(H,33,36). The minimum absolute atomic E-state index is 0.190. The van der Waals surface area contributed by atoms with E-state index in [0.717, 1.165) is 48.1 Å². The number of anilines is 2. The molecule has 0 unspecified atom stereocenters. The Balaban J connectivity index is 1.28. The summed E-state index contributed by atoms with van der Waals surface area (Å²) >= 11 is 1.39. The van der Waals surface area contributed by atoms with Crippen molar-refractivity contribution in [3.05, 3.63) is 82.7 Å². The summed E-state index contributed by atoms with van der Waals surface area (Å²) in [6, 6.07) is 19.3. The molecule has 2 aromatic carbocycles. The molecule has 3 N–H and O–H groups in total. The molecule has 186 valence electrons. The molecule has 9 heteroatoms. The molecule has 0 bridgehead atoms. The lowest BCUT2D eigenvalue weighted by Crippen LogP contribution is -2.42. The van der Waals surface area contributed by atoms with Crippen molar-refractivity contribution in [1.29, 1.82) is 5.26 Å². The van der Waals surface area contributed by atoms with Gasteiger partial charge in [0, 0.05) is 36.9 Å². The summed E-state index contributed by atoms with van der Waals surface area (Å²) in [5.74, 6) is 0.351. The molecular formula is C28H27N7OS. The van der Waals surface area contributed by atoms with E-state index >= 15 is 0 Å². The maximum atomic E-state index is 13.2.